The molecule has 0 amide bonds. The van der Waals surface area contributed by atoms with Crippen molar-refractivity contribution in [3.8, 4) is 0 Å². The molecule has 24 heavy (non-hydrogen) atoms. The van der Waals surface area contributed by atoms with E-state index in [0.717, 1.165) is 43.6 Å². The van der Waals surface area contributed by atoms with Gasteiger partial charge in [-0.25, -0.2) is 0 Å². The van der Waals surface area contributed by atoms with Crippen molar-refractivity contribution in [3.05, 3.63) is 17.5 Å². The summed E-state index contributed by atoms with van der Waals surface area (Å²) < 4.78 is 2.07. The van der Waals surface area contributed by atoms with E-state index in [-0.39, 0.29) is 24.0 Å². The van der Waals surface area contributed by atoms with Gasteiger partial charge in [-0.1, -0.05) is 13.8 Å². The standard InChI is InChI=1S/C18H35N5.HI/c1-7-19-18(21-15(4)10-9-14(2)3)20-11-8-12-23-17(6)13-16(5)22-23;/h13-15H,7-12H2,1-6H3,(H2,19,20,21);1H. The SMILES string of the molecule is CCNC(=NCCCn1nc(C)cc1C)NC(C)CCC(C)C.I. The second-order valence-electron chi connectivity index (χ2n) is 6.78. The van der Waals surface area contributed by atoms with Crippen molar-refractivity contribution in [2.24, 2.45) is 10.9 Å². The second kappa shape index (κ2) is 12.6. The van der Waals surface area contributed by atoms with Crippen LogP contribution in [0.3, 0.4) is 0 Å². The van der Waals surface area contributed by atoms with Crippen LogP contribution in [0.15, 0.2) is 11.1 Å². The van der Waals surface area contributed by atoms with Gasteiger partial charge in [-0.05, 0) is 58.9 Å². The first-order chi connectivity index (χ1) is 10.9. The van der Waals surface area contributed by atoms with Crippen LogP contribution in [0.4, 0.5) is 0 Å². The van der Waals surface area contributed by atoms with Gasteiger partial charge >= 0.3 is 0 Å². The molecule has 0 bridgehead atoms. The molecule has 0 saturated heterocycles. The van der Waals surface area contributed by atoms with E-state index >= 15 is 0 Å². The molecule has 1 rings (SSSR count). The number of rotatable bonds is 9. The quantitative estimate of drug-likeness (QED) is 0.260. The molecule has 0 aromatic carbocycles. The summed E-state index contributed by atoms with van der Waals surface area (Å²) in [5, 5.41) is 11.3. The molecule has 0 aliphatic rings. The summed E-state index contributed by atoms with van der Waals surface area (Å²) in [5.41, 5.74) is 2.30. The van der Waals surface area contributed by atoms with E-state index < -0.39 is 0 Å². The Balaban J connectivity index is 0.00000529. The topological polar surface area (TPSA) is 54.2 Å². The molecule has 2 N–H and O–H groups in total. The van der Waals surface area contributed by atoms with Gasteiger partial charge in [0.15, 0.2) is 5.96 Å². The van der Waals surface area contributed by atoms with Crippen LogP contribution in [0.5, 0.6) is 0 Å². The van der Waals surface area contributed by atoms with Crippen LogP contribution in [-0.2, 0) is 6.54 Å². The van der Waals surface area contributed by atoms with Gasteiger partial charge in [-0.15, -0.1) is 24.0 Å². The first-order valence-corrected chi connectivity index (χ1v) is 8.98. The Morgan fingerprint density at radius 1 is 1.25 bits per heavy atom. The van der Waals surface area contributed by atoms with Crippen molar-refractivity contribution in [2.45, 2.75) is 73.4 Å². The average molecular weight is 449 g/mol. The lowest BCUT2D eigenvalue weighted by Crippen LogP contribution is -2.42. The van der Waals surface area contributed by atoms with Gasteiger partial charge in [0.2, 0.25) is 0 Å². The number of aryl methyl sites for hydroxylation is 3. The fourth-order valence-corrected chi connectivity index (χ4v) is 2.52. The first kappa shape index (κ1) is 23.2. The number of aromatic nitrogens is 2. The number of nitrogens with one attached hydrogen (secondary N) is 2. The predicted octanol–water partition coefficient (Wildman–Crippen LogP) is 3.89. The number of hydrogen-bond donors (Lipinski definition) is 2. The van der Waals surface area contributed by atoms with Crippen molar-refractivity contribution in [1.82, 2.24) is 20.4 Å². The van der Waals surface area contributed by atoms with E-state index in [1.165, 1.54) is 18.5 Å². The lowest BCUT2D eigenvalue weighted by atomic mass is 10.0. The summed E-state index contributed by atoms with van der Waals surface area (Å²) in [6.07, 6.45) is 3.41. The highest BCUT2D eigenvalue weighted by Gasteiger charge is 2.06. The van der Waals surface area contributed by atoms with Crippen molar-refractivity contribution in [2.75, 3.05) is 13.1 Å². The smallest absolute Gasteiger partial charge is 0.191 e. The molecular weight excluding hydrogens is 413 g/mol. The Labute approximate surface area is 165 Å². The van der Waals surface area contributed by atoms with Crippen LogP contribution in [0.2, 0.25) is 0 Å². The van der Waals surface area contributed by atoms with Gasteiger partial charge in [0.05, 0.1) is 5.69 Å². The highest BCUT2D eigenvalue weighted by Crippen LogP contribution is 2.06. The van der Waals surface area contributed by atoms with E-state index in [2.05, 4.69) is 66.1 Å². The number of aliphatic imine (C=N–C) groups is 1. The van der Waals surface area contributed by atoms with Crippen LogP contribution < -0.4 is 10.6 Å². The number of nitrogens with zero attached hydrogens (tertiary/aromatic N) is 3. The Morgan fingerprint density at radius 3 is 2.50 bits per heavy atom. The van der Waals surface area contributed by atoms with Gasteiger partial charge in [0.1, 0.15) is 0 Å². The summed E-state index contributed by atoms with van der Waals surface area (Å²) in [6, 6.07) is 2.57. The van der Waals surface area contributed by atoms with Crippen LogP contribution in [0, 0.1) is 19.8 Å². The van der Waals surface area contributed by atoms with Crippen molar-refractivity contribution >= 4 is 29.9 Å². The summed E-state index contributed by atoms with van der Waals surface area (Å²) in [6.45, 7) is 15.6. The third-order valence-corrected chi connectivity index (χ3v) is 3.81. The van der Waals surface area contributed by atoms with Crippen molar-refractivity contribution in [1.29, 1.82) is 0 Å². The fourth-order valence-electron chi connectivity index (χ4n) is 2.52. The molecule has 6 heteroatoms. The lowest BCUT2D eigenvalue weighted by Gasteiger charge is -2.18. The number of halogens is 1. The molecule has 1 aromatic heterocycles. The zero-order valence-electron chi connectivity index (χ0n) is 16.2. The number of hydrogen-bond acceptors (Lipinski definition) is 2. The molecule has 1 unspecified atom stereocenters. The van der Waals surface area contributed by atoms with Crippen LogP contribution in [0.1, 0.15) is 58.3 Å². The molecule has 0 fully saturated rings. The Bertz CT molecular complexity index is 482. The summed E-state index contributed by atoms with van der Waals surface area (Å²) >= 11 is 0. The minimum absolute atomic E-state index is 0. The maximum absolute atomic E-state index is 4.69. The Morgan fingerprint density at radius 2 is 1.96 bits per heavy atom. The van der Waals surface area contributed by atoms with Crippen molar-refractivity contribution in [3.63, 3.8) is 0 Å². The molecule has 0 spiro atoms. The summed E-state index contributed by atoms with van der Waals surface area (Å²) in [7, 11) is 0. The third-order valence-electron chi connectivity index (χ3n) is 3.81. The number of guanidine groups is 1. The molecule has 0 saturated carbocycles. The van der Waals surface area contributed by atoms with Gasteiger partial charge < -0.3 is 10.6 Å². The zero-order chi connectivity index (χ0) is 17.2. The van der Waals surface area contributed by atoms with Crippen LogP contribution in [0.25, 0.3) is 0 Å². The van der Waals surface area contributed by atoms with Gasteiger partial charge in [-0.2, -0.15) is 5.10 Å². The van der Waals surface area contributed by atoms with E-state index in [4.69, 9.17) is 0 Å². The molecular formula is C18H36IN5. The van der Waals surface area contributed by atoms with Crippen molar-refractivity contribution < 1.29 is 0 Å². The average Bonchev–Trinajstić information content (AvgIpc) is 2.79. The molecule has 5 nitrogen and oxygen atoms in total. The minimum Gasteiger partial charge on any atom is -0.357 e. The van der Waals surface area contributed by atoms with Crippen LogP contribution >= 0.6 is 24.0 Å². The van der Waals surface area contributed by atoms with Gasteiger partial charge in [-0.3, -0.25) is 9.67 Å². The van der Waals surface area contributed by atoms with Crippen LogP contribution in [-0.4, -0.2) is 34.9 Å². The third kappa shape index (κ3) is 9.49. The summed E-state index contributed by atoms with van der Waals surface area (Å²) in [5.74, 6) is 1.68. The molecule has 0 aliphatic carbocycles. The second-order valence-corrected chi connectivity index (χ2v) is 6.78. The maximum atomic E-state index is 4.69. The van der Waals surface area contributed by atoms with E-state index in [1.807, 2.05) is 6.92 Å². The van der Waals surface area contributed by atoms with E-state index in [9.17, 15) is 0 Å². The molecule has 0 radical (unpaired) electrons. The fraction of sp³-hybridized carbons (Fsp3) is 0.778. The molecule has 1 heterocycles. The zero-order valence-corrected chi connectivity index (χ0v) is 18.6. The van der Waals surface area contributed by atoms with Gasteiger partial charge in [0, 0.05) is 31.4 Å². The monoisotopic (exact) mass is 449 g/mol. The van der Waals surface area contributed by atoms with Gasteiger partial charge in [0.25, 0.3) is 0 Å². The highest BCUT2D eigenvalue weighted by molar-refractivity contribution is 14.0. The summed E-state index contributed by atoms with van der Waals surface area (Å²) in [4.78, 5) is 4.69. The largest absolute Gasteiger partial charge is 0.357 e. The normalized spacial score (nSPS) is 12.9. The Kier molecular flexibility index (Phi) is 12.1. The first-order valence-electron chi connectivity index (χ1n) is 8.98. The highest BCUT2D eigenvalue weighted by atomic mass is 127. The Hall–Kier alpha value is -0.790. The van der Waals surface area contributed by atoms with E-state index in [0.29, 0.717) is 6.04 Å². The molecule has 1 aromatic rings. The lowest BCUT2D eigenvalue weighted by molar-refractivity contribution is 0.488. The molecule has 140 valence electrons. The van der Waals surface area contributed by atoms with E-state index in [1.54, 1.807) is 0 Å². The molecule has 1 atom stereocenters. The maximum Gasteiger partial charge on any atom is 0.191 e. The predicted molar refractivity (Wildman–Crippen MR) is 114 cm³/mol. The molecule has 0 aliphatic heterocycles. The minimum atomic E-state index is 0.